The lowest BCUT2D eigenvalue weighted by Gasteiger charge is -2.06. The zero-order chi connectivity index (χ0) is 14.5. The summed E-state index contributed by atoms with van der Waals surface area (Å²) in [6.07, 6.45) is 1.55. The van der Waals surface area contributed by atoms with Crippen LogP contribution in [0.4, 0.5) is 0 Å². The van der Waals surface area contributed by atoms with Crippen molar-refractivity contribution in [1.29, 1.82) is 0 Å². The van der Waals surface area contributed by atoms with Crippen molar-refractivity contribution < 1.29 is 4.79 Å². The molecule has 2 aromatic carbocycles. The predicted octanol–water partition coefficient (Wildman–Crippen LogP) is 5.05. The van der Waals surface area contributed by atoms with Gasteiger partial charge >= 0.3 is 0 Å². The van der Waals surface area contributed by atoms with Crippen LogP contribution in [0.2, 0.25) is 10.0 Å². The van der Waals surface area contributed by atoms with Crippen molar-refractivity contribution in [2.75, 3.05) is 0 Å². The minimum atomic E-state index is 0.153. The minimum Gasteiger partial charge on any atom is -0.299 e. The van der Waals surface area contributed by atoms with E-state index in [1.54, 1.807) is 18.2 Å². The predicted molar refractivity (Wildman–Crippen MR) is 84.7 cm³/mol. The number of rotatable bonds is 5. The Morgan fingerprint density at radius 1 is 1.00 bits per heavy atom. The second kappa shape index (κ2) is 6.92. The minimum absolute atomic E-state index is 0.153. The van der Waals surface area contributed by atoms with Crippen LogP contribution in [0.15, 0.2) is 42.5 Å². The zero-order valence-electron chi connectivity index (χ0n) is 11.3. The van der Waals surface area contributed by atoms with Gasteiger partial charge in [0.15, 0.2) is 0 Å². The molecule has 2 rings (SSSR count). The summed E-state index contributed by atoms with van der Waals surface area (Å²) in [5.41, 5.74) is 3.13. The van der Waals surface area contributed by atoms with Crippen molar-refractivity contribution in [1.82, 2.24) is 0 Å². The highest BCUT2D eigenvalue weighted by Gasteiger charge is 2.10. The summed E-state index contributed by atoms with van der Waals surface area (Å²) in [4.78, 5) is 12.0. The van der Waals surface area contributed by atoms with Crippen molar-refractivity contribution >= 4 is 29.0 Å². The molecule has 0 bridgehead atoms. The lowest BCUT2D eigenvalue weighted by molar-refractivity contribution is -0.118. The van der Waals surface area contributed by atoms with Crippen LogP contribution in [-0.4, -0.2) is 5.78 Å². The average molecular weight is 307 g/mol. The van der Waals surface area contributed by atoms with E-state index in [4.69, 9.17) is 23.2 Å². The third-order valence-electron chi connectivity index (χ3n) is 3.25. The average Bonchev–Trinajstić information content (AvgIpc) is 2.42. The molecule has 3 heteroatoms. The van der Waals surface area contributed by atoms with Gasteiger partial charge in [0.1, 0.15) is 5.78 Å². The van der Waals surface area contributed by atoms with Crippen LogP contribution >= 0.6 is 23.2 Å². The summed E-state index contributed by atoms with van der Waals surface area (Å²) in [5, 5.41) is 1.11. The van der Waals surface area contributed by atoms with E-state index in [2.05, 4.69) is 24.3 Å². The molecule has 0 heterocycles. The number of hydrogen-bond acceptors (Lipinski definition) is 1. The van der Waals surface area contributed by atoms with E-state index in [1.807, 2.05) is 6.92 Å². The molecule has 0 aliphatic carbocycles. The maximum atomic E-state index is 12.0. The van der Waals surface area contributed by atoms with Crippen molar-refractivity contribution in [3.05, 3.63) is 69.2 Å². The van der Waals surface area contributed by atoms with Crippen LogP contribution in [0.25, 0.3) is 0 Å². The Morgan fingerprint density at radius 3 is 2.20 bits per heavy atom. The quantitative estimate of drug-likeness (QED) is 0.755. The van der Waals surface area contributed by atoms with E-state index >= 15 is 0 Å². The first-order valence-corrected chi connectivity index (χ1v) is 7.32. The first-order chi connectivity index (χ1) is 9.56. The van der Waals surface area contributed by atoms with Crippen LogP contribution in [0.5, 0.6) is 0 Å². The Balaban J connectivity index is 1.94. The van der Waals surface area contributed by atoms with Gasteiger partial charge < -0.3 is 0 Å². The highest BCUT2D eigenvalue weighted by molar-refractivity contribution is 6.36. The highest BCUT2D eigenvalue weighted by atomic mass is 35.5. The van der Waals surface area contributed by atoms with Gasteiger partial charge in [-0.05, 0) is 36.6 Å². The standard InChI is InChI=1S/C17H16Cl2O/c1-12-5-7-13(8-6-12)9-10-14(20)11-15-16(18)3-2-4-17(15)19/h2-8H,9-11H2,1H3. The van der Waals surface area contributed by atoms with Crippen molar-refractivity contribution in [2.24, 2.45) is 0 Å². The molecule has 0 spiro atoms. The second-order valence-electron chi connectivity index (χ2n) is 4.90. The fourth-order valence-corrected chi connectivity index (χ4v) is 2.56. The van der Waals surface area contributed by atoms with E-state index in [0.29, 0.717) is 22.9 Å². The van der Waals surface area contributed by atoms with Crippen LogP contribution in [0.3, 0.4) is 0 Å². The highest BCUT2D eigenvalue weighted by Crippen LogP contribution is 2.25. The fraction of sp³-hybridized carbons (Fsp3) is 0.235. The van der Waals surface area contributed by atoms with Gasteiger partial charge in [-0.2, -0.15) is 0 Å². The summed E-state index contributed by atoms with van der Waals surface area (Å²) < 4.78 is 0. The molecule has 0 aliphatic rings. The van der Waals surface area contributed by atoms with Gasteiger partial charge in [0, 0.05) is 22.9 Å². The van der Waals surface area contributed by atoms with E-state index < -0.39 is 0 Å². The lowest BCUT2D eigenvalue weighted by Crippen LogP contribution is -2.05. The summed E-state index contributed by atoms with van der Waals surface area (Å²) in [6, 6.07) is 13.5. The van der Waals surface area contributed by atoms with Crippen molar-refractivity contribution in [3.63, 3.8) is 0 Å². The Kier molecular flexibility index (Phi) is 5.22. The van der Waals surface area contributed by atoms with E-state index in [1.165, 1.54) is 11.1 Å². The number of halogens is 2. The smallest absolute Gasteiger partial charge is 0.137 e. The Morgan fingerprint density at radius 2 is 1.60 bits per heavy atom. The van der Waals surface area contributed by atoms with Crippen LogP contribution < -0.4 is 0 Å². The number of Topliss-reactive ketones (excluding diaryl/α,β-unsaturated/α-hetero) is 1. The molecule has 0 fully saturated rings. The number of carbonyl (C=O) groups excluding carboxylic acids is 1. The first kappa shape index (κ1) is 15.1. The van der Waals surface area contributed by atoms with Gasteiger partial charge in [0.05, 0.1) is 0 Å². The molecule has 0 N–H and O–H groups in total. The number of carbonyl (C=O) groups is 1. The van der Waals surface area contributed by atoms with Gasteiger partial charge in [-0.25, -0.2) is 0 Å². The summed E-state index contributed by atoms with van der Waals surface area (Å²) in [5.74, 6) is 0.153. The Labute approximate surface area is 129 Å². The molecule has 2 aromatic rings. The number of ketones is 1. The lowest BCUT2D eigenvalue weighted by atomic mass is 10.0. The van der Waals surface area contributed by atoms with E-state index in [9.17, 15) is 4.79 Å². The van der Waals surface area contributed by atoms with Gasteiger partial charge in [0.25, 0.3) is 0 Å². The Bertz CT molecular complexity index is 583. The molecule has 0 saturated heterocycles. The summed E-state index contributed by atoms with van der Waals surface area (Å²) in [7, 11) is 0. The molecule has 0 saturated carbocycles. The second-order valence-corrected chi connectivity index (χ2v) is 5.72. The fourth-order valence-electron chi connectivity index (χ4n) is 2.03. The normalized spacial score (nSPS) is 10.6. The molecule has 0 aliphatic heterocycles. The van der Waals surface area contributed by atoms with Crippen molar-refractivity contribution in [2.45, 2.75) is 26.2 Å². The van der Waals surface area contributed by atoms with E-state index in [-0.39, 0.29) is 5.78 Å². The monoisotopic (exact) mass is 306 g/mol. The number of aryl methyl sites for hydroxylation is 2. The van der Waals surface area contributed by atoms with Crippen LogP contribution in [-0.2, 0) is 17.6 Å². The molecule has 1 nitrogen and oxygen atoms in total. The molecule has 20 heavy (non-hydrogen) atoms. The number of benzene rings is 2. The van der Waals surface area contributed by atoms with E-state index in [0.717, 1.165) is 12.0 Å². The largest absolute Gasteiger partial charge is 0.299 e. The Hall–Kier alpha value is -1.31. The van der Waals surface area contributed by atoms with Crippen LogP contribution in [0.1, 0.15) is 23.1 Å². The third-order valence-corrected chi connectivity index (χ3v) is 3.96. The molecular weight excluding hydrogens is 291 g/mol. The molecule has 0 atom stereocenters. The SMILES string of the molecule is Cc1ccc(CCC(=O)Cc2c(Cl)cccc2Cl)cc1. The van der Waals surface area contributed by atoms with Gasteiger partial charge in [-0.15, -0.1) is 0 Å². The molecule has 0 unspecified atom stereocenters. The molecule has 104 valence electrons. The van der Waals surface area contributed by atoms with Gasteiger partial charge in [-0.1, -0.05) is 59.1 Å². The maximum absolute atomic E-state index is 12.0. The molecule has 0 radical (unpaired) electrons. The third kappa shape index (κ3) is 4.09. The number of hydrogen-bond donors (Lipinski definition) is 0. The van der Waals surface area contributed by atoms with Crippen LogP contribution in [0, 0.1) is 6.92 Å². The topological polar surface area (TPSA) is 17.1 Å². The first-order valence-electron chi connectivity index (χ1n) is 6.56. The van der Waals surface area contributed by atoms with Gasteiger partial charge in [0.2, 0.25) is 0 Å². The molecule has 0 amide bonds. The summed E-state index contributed by atoms with van der Waals surface area (Å²) >= 11 is 12.1. The summed E-state index contributed by atoms with van der Waals surface area (Å²) in [6.45, 7) is 2.05. The van der Waals surface area contributed by atoms with Crippen molar-refractivity contribution in [3.8, 4) is 0 Å². The molecule has 0 aromatic heterocycles. The molecular formula is C17H16Cl2O. The zero-order valence-corrected chi connectivity index (χ0v) is 12.8. The maximum Gasteiger partial charge on any atom is 0.137 e. The van der Waals surface area contributed by atoms with Gasteiger partial charge in [-0.3, -0.25) is 4.79 Å².